The summed E-state index contributed by atoms with van der Waals surface area (Å²) in [7, 11) is 0. The van der Waals surface area contributed by atoms with Crippen LogP contribution in [-0.2, 0) is 0 Å². The predicted octanol–water partition coefficient (Wildman–Crippen LogP) is 4.90. The van der Waals surface area contributed by atoms with Gasteiger partial charge in [0, 0.05) is 10.0 Å². The Bertz CT molecular complexity index is 590. The molecule has 0 aliphatic carbocycles. The molecule has 0 radical (unpaired) electrons. The lowest BCUT2D eigenvalue weighted by Crippen LogP contribution is -2.23. The Morgan fingerprint density at radius 2 is 1.75 bits per heavy atom. The molecular formula is C17H19BrFN. The molecule has 1 unspecified atom stereocenters. The molecule has 3 heteroatoms. The molecule has 0 saturated heterocycles. The lowest BCUT2D eigenvalue weighted by Gasteiger charge is -2.21. The lowest BCUT2D eigenvalue weighted by atomic mass is 9.95. The first kappa shape index (κ1) is 15.2. The summed E-state index contributed by atoms with van der Waals surface area (Å²) in [6.07, 6.45) is 0. The molecule has 0 aliphatic heterocycles. The van der Waals surface area contributed by atoms with E-state index in [2.05, 4.69) is 53.3 Å². The van der Waals surface area contributed by atoms with E-state index in [4.69, 9.17) is 0 Å². The van der Waals surface area contributed by atoms with Gasteiger partial charge in [-0.25, -0.2) is 4.39 Å². The van der Waals surface area contributed by atoms with E-state index in [-0.39, 0.29) is 11.9 Å². The molecule has 1 nitrogen and oxygen atoms in total. The van der Waals surface area contributed by atoms with Gasteiger partial charge in [0.25, 0.3) is 0 Å². The van der Waals surface area contributed by atoms with E-state index >= 15 is 0 Å². The van der Waals surface area contributed by atoms with Crippen molar-refractivity contribution < 1.29 is 4.39 Å². The number of aryl methyl sites for hydroxylation is 2. The van der Waals surface area contributed by atoms with Gasteiger partial charge in [0.15, 0.2) is 0 Å². The summed E-state index contributed by atoms with van der Waals surface area (Å²) >= 11 is 3.30. The van der Waals surface area contributed by atoms with Crippen molar-refractivity contribution in [1.82, 2.24) is 5.32 Å². The Labute approximate surface area is 128 Å². The van der Waals surface area contributed by atoms with Gasteiger partial charge in [-0.1, -0.05) is 58.2 Å². The Morgan fingerprint density at radius 3 is 2.30 bits per heavy atom. The first-order chi connectivity index (χ1) is 9.51. The molecule has 1 atom stereocenters. The Balaban J connectivity index is 2.49. The van der Waals surface area contributed by atoms with Gasteiger partial charge in [-0.15, -0.1) is 0 Å². The van der Waals surface area contributed by atoms with E-state index in [1.54, 1.807) is 0 Å². The molecular weight excluding hydrogens is 317 g/mol. The third kappa shape index (κ3) is 3.47. The summed E-state index contributed by atoms with van der Waals surface area (Å²) in [6.45, 7) is 6.95. The Morgan fingerprint density at radius 1 is 1.10 bits per heavy atom. The SMILES string of the molecule is CCNC(c1cc(C)cc(C)c1)c1ccc(Br)cc1F. The fourth-order valence-corrected chi connectivity index (χ4v) is 2.86. The molecule has 2 aromatic rings. The maximum absolute atomic E-state index is 14.2. The van der Waals surface area contributed by atoms with Crippen molar-refractivity contribution >= 4 is 15.9 Å². The van der Waals surface area contributed by atoms with Crippen molar-refractivity contribution in [2.24, 2.45) is 0 Å². The summed E-state index contributed by atoms with van der Waals surface area (Å²) < 4.78 is 15.0. The summed E-state index contributed by atoms with van der Waals surface area (Å²) in [5, 5.41) is 3.37. The lowest BCUT2D eigenvalue weighted by molar-refractivity contribution is 0.558. The zero-order chi connectivity index (χ0) is 14.7. The molecule has 0 amide bonds. The number of halogens is 2. The third-order valence-corrected chi connectivity index (χ3v) is 3.75. The predicted molar refractivity (Wildman–Crippen MR) is 85.5 cm³/mol. The van der Waals surface area contributed by atoms with E-state index < -0.39 is 0 Å². The van der Waals surface area contributed by atoms with Crippen molar-refractivity contribution in [3.05, 3.63) is 68.9 Å². The van der Waals surface area contributed by atoms with Crippen molar-refractivity contribution in [1.29, 1.82) is 0 Å². The number of benzene rings is 2. The van der Waals surface area contributed by atoms with Crippen molar-refractivity contribution in [3.63, 3.8) is 0 Å². The maximum atomic E-state index is 14.2. The number of hydrogen-bond acceptors (Lipinski definition) is 1. The highest BCUT2D eigenvalue weighted by molar-refractivity contribution is 9.10. The van der Waals surface area contributed by atoms with Gasteiger partial charge >= 0.3 is 0 Å². The van der Waals surface area contributed by atoms with Crippen LogP contribution in [0.4, 0.5) is 4.39 Å². The van der Waals surface area contributed by atoms with Crippen molar-refractivity contribution in [2.75, 3.05) is 6.54 Å². The van der Waals surface area contributed by atoms with Crippen LogP contribution in [-0.4, -0.2) is 6.54 Å². The van der Waals surface area contributed by atoms with Gasteiger partial charge < -0.3 is 5.32 Å². The van der Waals surface area contributed by atoms with Crippen molar-refractivity contribution in [3.8, 4) is 0 Å². The quantitative estimate of drug-likeness (QED) is 0.837. The van der Waals surface area contributed by atoms with E-state index in [0.717, 1.165) is 16.6 Å². The molecule has 0 bridgehead atoms. The second-order valence-corrected chi connectivity index (χ2v) is 5.99. The minimum Gasteiger partial charge on any atom is -0.306 e. The molecule has 0 saturated carbocycles. The van der Waals surface area contributed by atoms with Crippen LogP contribution in [0.3, 0.4) is 0 Å². The summed E-state index contributed by atoms with van der Waals surface area (Å²) in [6, 6.07) is 11.5. The van der Waals surface area contributed by atoms with E-state index in [9.17, 15) is 4.39 Å². The molecule has 0 spiro atoms. The minimum atomic E-state index is -0.190. The van der Waals surface area contributed by atoms with Gasteiger partial charge in [-0.05, 0) is 38.1 Å². The topological polar surface area (TPSA) is 12.0 Å². The van der Waals surface area contributed by atoms with Crippen LogP contribution in [0.15, 0.2) is 40.9 Å². The van der Waals surface area contributed by atoms with Crippen LogP contribution < -0.4 is 5.32 Å². The van der Waals surface area contributed by atoms with E-state index in [1.807, 2.05) is 19.1 Å². The van der Waals surface area contributed by atoms with Gasteiger partial charge in [-0.3, -0.25) is 0 Å². The summed E-state index contributed by atoms with van der Waals surface area (Å²) in [4.78, 5) is 0. The van der Waals surface area contributed by atoms with Gasteiger partial charge in [-0.2, -0.15) is 0 Å². The van der Waals surface area contributed by atoms with Crippen molar-refractivity contribution in [2.45, 2.75) is 26.8 Å². The van der Waals surface area contributed by atoms with Gasteiger partial charge in [0.05, 0.1) is 6.04 Å². The largest absolute Gasteiger partial charge is 0.306 e. The molecule has 0 fully saturated rings. The molecule has 20 heavy (non-hydrogen) atoms. The average molecular weight is 336 g/mol. The highest BCUT2D eigenvalue weighted by atomic mass is 79.9. The molecule has 1 N–H and O–H groups in total. The first-order valence-corrected chi connectivity index (χ1v) is 7.57. The zero-order valence-electron chi connectivity index (χ0n) is 12.0. The zero-order valence-corrected chi connectivity index (χ0v) is 13.6. The second kappa shape index (κ2) is 6.51. The number of nitrogens with one attached hydrogen (secondary N) is 1. The molecule has 0 aromatic heterocycles. The molecule has 106 valence electrons. The average Bonchev–Trinajstić information content (AvgIpc) is 2.35. The Hall–Kier alpha value is -1.19. The van der Waals surface area contributed by atoms with Gasteiger partial charge in [0.2, 0.25) is 0 Å². The van der Waals surface area contributed by atoms with Crippen LogP contribution in [0.2, 0.25) is 0 Å². The van der Waals surface area contributed by atoms with Crippen LogP contribution in [0, 0.1) is 19.7 Å². The number of rotatable bonds is 4. The fraction of sp³-hybridized carbons (Fsp3) is 0.294. The molecule has 0 heterocycles. The molecule has 0 aliphatic rings. The van der Waals surface area contributed by atoms with Crippen LogP contribution in [0.5, 0.6) is 0 Å². The van der Waals surface area contributed by atoms with E-state index in [0.29, 0.717) is 5.56 Å². The second-order valence-electron chi connectivity index (χ2n) is 5.08. The van der Waals surface area contributed by atoms with Crippen LogP contribution in [0.25, 0.3) is 0 Å². The number of hydrogen-bond donors (Lipinski definition) is 1. The van der Waals surface area contributed by atoms with Crippen LogP contribution >= 0.6 is 15.9 Å². The smallest absolute Gasteiger partial charge is 0.129 e. The van der Waals surface area contributed by atoms with Gasteiger partial charge in [0.1, 0.15) is 5.82 Å². The first-order valence-electron chi connectivity index (χ1n) is 6.77. The van der Waals surface area contributed by atoms with Crippen LogP contribution in [0.1, 0.15) is 35.2 Å². The molecule has 2 rings (SSSR count). The fourth-order valence-electron chi connectivity index (χ4n) is 2.52. The maximum Gasteiger partial charge on any atom is 0.129 e. The summed E-state index contributed by atoms with van der Waals surface area (Å²) in [5.41, 5.74) is 4.17. The minimum absolute atomic E-state index is 0.119. The Kier molecular flexibility index (Phi) is 4.95. The molecule has 2 aromatic carbocycles. The standard InChI is InChI=1S/C17H19BrFN/c1-4-20-17(13-8-11(2)7-12(3)9-13)15-6-5-14(18)10-16(15)19/h5-10,17,20H,4H2,1-3H3. The highest BCUT2D eigenvalue weighted by Gasteiger charge is 2.17. The summed E-state index contributed by atoms with van der Waals surface area (Å²) in [5.74, 6) is -0.190. The normalized spacial score (nSPS) is 12.4. The third-order valence-electron chi connectivity index (χ3n) is 3.26. The highest BCUT2D eigenvalue weighted by Crippen LogP contribution is 2.27. The van der Waals surface area contributed by atoms with E-state index in [1.165, 1.54) is 17.2 Å². The monoisotopic (exact) mass is 335 g/mol.